The Bertz CT molecular complexity index is 1760. The summed E-state index contributed by atoms with van der Waals surface area (Å²) in [5.74, 6) is 0.260. The van der Waals surface area contributed by atoms with Gasteiger partial charge in [-0.2, -0.15) is 5.10 Å². The molecule has 9 heteroatoms. The van der Waals surface area contributed by atoms with Gasteiger partial charge in [0.05, 0.1) is 41.0 Å². The van der Waals surface area contributed by atoms with E-state index in [-0.39, 0.29) is 11.8 Å². The van der Waals surface area contributed by atoms with Crippen molar-refractivity contribution in [2.24, 2.45) is 5.92 Å². The van der Waals surface area contributed by atoms with E-state index in [4.69, 9.17) is 0 Å². The number of imidazole rings is 1. The second-order valence-electron chi connectivity index (χ2n) is 9.65. The molecule has 0 radical (unpaired) electrons. The van der Waals surface area contributed by atoms with Gasteiger partial charge in [0.15, 0.2) is 5.65 Å². The summed E-state index contributed by atoms with van der Waals surface area (Å²) in [6.07, 6.45) is 9.49. The number of carbonyl (C=O) groups is 1. The molecule has 1 aromatic carbocycles. The van der Waals surface area contributed by atoms with Crippen molar-refractivity contribution in [1.82, 2.24) is 34.7 Å². The van der Waals surface area contributed by atoms with E-state index in [1.165, 1.54) is 0 Å². The van der Waals surface area contributed by atoms with Crippen LogP contribution in [0.1, 0.15) is 26.0 Å². The van der Waals surface area contributed by atoms with E-state index in [1.807, 2.05) is 56.1 Å². The smallest absolute Gasteiger partial charge is 0.224 e. The monoisotopic (exact) mass is 490 g/mol. The predicted octanol–water partition coefficient (Wildman–Crippen LogP) is 5.65. The first-order valence-corrected chi connectivity index (χ1v) is 12.2. The second kappa shape index (κ2) is 9.02. The number of fused-ring (bicyclic) bond motifs is 2. The molecule has 37 heavy (non-hydrogen) atoms. The van der Waals surface area contributed by atoms with E-state index in [0.29, 0.717) is 17.8 Å². The number of hydrogen-bond acceptors (Lipinski definition) is 5. The van der Waals surface area contributed by atoms with Crippen molar-refractivity contribution in [2.75, 3.05) is 5.32 Å². The van der Waals surface area contributed by atoms with Crippen molar-refractivity contribution in [2.45, 2.75) is 27.2 Å². The summed E-state index contributed by atoms with van der Waals surface area (Å²) in [6, 6.07) is 12.2. The van der Waals surface area contributed by atoms with Crippen LogP contribution in [-0.2, 0) is 4.79 Å². The highest BCUT2D eigenvalue weighted by Crippen LogP contribution is 2.33. The maximum Gasteiger partial charge on any atom is 0.224 e. The molecule has 0 saturated heterocycles. The summed E-state index contributed by atoms with van der Waals surface area (Å²) >= 11 is 0. The van der Waals surface area contributed by atoms with Crippen molar-refractivity contribution in [3.05, 3.63) is 73.2 Å². The lowest BCUT2D eigenvalue weighted by atomic mass is 10.1. The first-order chi connectivity index (χ1) is 17.9. The van der Waals surface area contributed by atoms with Crippen LogP contribution in [0.5, 0.6) is 0 Å². The number of rotatable bonds is 6. The number of anilines is 1. The summed E-state index contributed by atoms with van der Waals surface area (Å²) in [7, 11) is 0. The van der Waals surface area contributed by atoms with Crippen LogP contribution in [0, 0.1) is 12.8 Å². The summed E-state index contributed by atoms with van der Waals surface area (Å²) in [6.45, 7) is 6.01. The van der Waals surface area contributed by atoms with Gasteiger partial charge in [0.2, 0.25) is 5.91 Å². The fourth-order valence-corrected chi connectivity index (χ4v) is 4.56. The lowest BCUT2D eigenvalue weighted by Gasteiger charge is -2.08. The standard InChI is InChI=1S/C28H26N8O/c1-16(2)7-26(37)32-20-8-18(11-29-13-20)19-9-22-27(34-35-28(22)30-12-19)24-10-21-23(33-24)5-4-6-25(21)36-14-17(3)31-15-36/h4-6,8-16,33H,7H2,1-3H3,(H,32,37)(H,30,34,35). The molecule has 6 rings (SSSR count). The summed E-state index contributed by atoms with van der Waals surface area (Å²) in [5.41, 5.74) is 7.81. The maximum absolute atomic E-state index is 12.2. The number of benzene rings is 1. The Morgan fingerprint density at radius 1 is 1.05 bits per heavy atom. The van der Waals surface area contributed by atoms with Crippen LogP contribution in [0.2, 0.25) is 0 Å². The van der Waals surface area contributed by atoms with Gasteiger partial charge in [0.25, 0.3) is 0 Å². The van der Waals surface area contributed by atoms with E-state index >= 15 is 0 Å². The first kappa shape index (κ1) is 22.7. The molecule has 5 heterocycles. The predicted molar refractivity (Wildman–Crippen MR) is 144 cm³/mol. The van der Waals surface area contributed by atoms with Crippen LogP contribution in [0.25, 0.3) is 50.1 Å². The average molecular weight is 491 g/mol. The Kier molecular flexibility index (Phi) is 5.52. The largest absolute Gasteiger partial charge is 0.353 e. The SMILES string of the molecule is Cc1cn(-c2cccc3[nH]c(-c4[nH]nc5ncc(-c6cncc(NC(=O)CC(C)C)c6)cc45)cc23)cn1. The van der Waals surface area contributed by atoms with Crippen LogP contribution >= 0.6 is 0 Å². The molecular formula is C28H26N8O. The second-order valence-corrected chi connectivity index (χ2v) is 9.65. The van der Waals surface area contributed by atoms with Crippen molar-refractivity contribution >= 4 is 33.5 Å². The Morgan fingerprint density at radius 2 is 1.92 bits per heavy atom. The molecule has 0 aliphatic heterocycles. The van der Waals surface area contributed by atoms with Gasteiger partial charge in [-0.15, -0.1) is 0 Å². The number of amides is 1. The minimum atomic E-state index is -0.0244. The normalized spacial score (nSPS) is 11.6. The van der Waals surface area contributed by atoms with Gasteiger partial charge in [-0.05, 0) is 43.2 Å². The van der Waals surface area contributed by atoms with Crippen molar-refractivity contribution < 1.29 is 4.79 Å². The van der Waals surface area contributed by atoms with Crippen molar-refractivity contribution in [3.8, 4) is 28.2 Å². The third-order valence-corrected chi connectivity index (χ3v) is 6.26. The van der Waals surface area contributed by atoms with Gasteiger partial charge >= 0.3 is 0 Å². The molecule has 0 saturated carbocycles. The molecule has 0 aliphatic carbocycles. The molecule has 0 spiro atoms. The Hall–Kier alpha value is -4.79. The highest BCUT2D eigenvalue weighted by atomic mass is 16.1. The van der Waals surface area contributed by atoms with Crippen LogP contribution in [0.4, 0.5) is 5.69 Å². The number of nitrogens with zero attached hydrogens (tertiary/aromatic N) is 5. The third kappa shape index (κ3) is 4.35. The van der Waals surface area contributed by atoms with E-state index in [2.05, 4.69) is 53.6 Å². The number of hydrogen-bond donors (Lipinski definition) is 3. The lowest BCUT2D eigenvalue weighted by molar-refractivity contribution is -0.116. The van der Waals surface area contributed by atoms with Crippen LogP contribution in [-0.4, -0.2) is 40.6 Å². The molecule has 0 bridgehead atoms. The molecule has 0 fully saturated rings. The molecular weight excluding hydrogens is 464 g/mol. The molecule has 0 unspecified atom stereocenters. The van der Waals surface area contributed by atoms with Crippen LogP contribution in [0.15, 0.2) is 67.5 Å². The molecule has 0 aliphatic rings. The number of carbonyl (C=O) groups excluding carboxylic acids is 1. The number of aromatic nitrogens is 7. The first-order valence-electron chi connectivity index (χ1n) is 12.2. The van der Waals surface area contributed by atoms with Gasteiger partial charge in [-0.25, -0.2) is 9.97 Å². The average Bonchev–Trinajstić information content (AvgIpc) is 3.60. The molecule has 0 atom stereocenters. The quantitative estimate of drug-likeness (QED) is 0.279. The lowest BCUT2D eigenvalue weighted by Crippen LogP contribution is -2.13. The van der Waals surface area contributed by atoms with Gasteiger partial charge in [-0.1, -0.05) is 19.9 Å². The fourth-order valence-electron chi connectivity index (χ4n) is 4.56. The molecule has 184 valence electrons. The van der Waals surface area contributed by atoms with Crippen molar-refractivity contribution in [1.29, 1.82) is 0 Å². The number of pyridine rings is 2. The van der Waals surface area contributed by atoms with E-state index in [9.17, 15) is 4.79 Å². The highest BCUT2D eigenvalue weighted by Gasteiger charge is 2.15. The van der Waals surface area contributed by atoms with Crippen molar-refractivity contribution in [3.63, 3.8) is 0 Å². The Morgan fingerprint density at radius 3 is 2.73 bits per heavy atom. The zero-order chi connectivity index (χ0) is 25.5. The van der Waals surface area contributed by atoms with E-state index in [1.54, 1.807) is 18.6 Å². The third-order valence-electron chi connectivity index (χ3n) is 6.26. The summed E-state index contributed by atoms with van der Waals surface area (Å²) < 4.78 is 2.03. The minimum Gasteiger partial charge on any atom is -0.353 e. The van der Waals surface area contributed by atoms with Crippen LogP contribution < -0.4 is 5.32 Å². The maximum atomic E-state index is 12.2. The van der Waals surface area contributed by atoms with Gasteiger partial charge in [0.1, 0.15) is 0 Å². The molecule has 3 N–H and O–H groups in total. The van der Waals surface area contributed by atoms with Gasteiger partial charge < -0.3 is 14.9 Å². The van der Waals surface area contributed by atoms with E-state index in [0.717, 1.165) is 50.2 Å². The topological polar surface area (TPSA) is 117 Å². The molecule has 1 amide bonds. The molecule has 9 nitrogen and oxygen atoms in total. The zero-order valence-electron chi connectivity index (χ0n) is 20.8. The van der Waals surface area contributed by atoms with Gasteiger partial charge in [-0.3, -0.25) is 14.9 Å². The number of aromatic amines is 2. The number of nitrogens with one attached hydrogen (secondary N) is 3. The molecule has 6 aromatic rings. The summed E-state index contributed by atoms with van der Waals surface area (Å²) in [4.78, 5) is 29.0. The highest BCUT2D eigenvalue weighted by molar-refractivity contribution is 5.98. The minimum absolute atomic E-state index is 0.0244. The number of H-pyrrole nitrogens is 2. The summed E-state index contributed by atoms with van der Waals surface area (Å²) in [5, 5.41) is 12.5. The van der Waals surface area contributed by atoms with Crippen LogP contribution in [0.3, 0.4) is 0 Å². The zero-order valence-corrected chi connectivity index (χ0v) is 20.8. The molecule has 5 aromatic heterocycles. The van der Waals surface area contributed by atoms with E-state index < -0.39 is 0 Å². The Balaban J connectivity index is 1.38. The fraction of sp³-hybridized carbons (Fsp3) is 0.179. The number of aryl methyl sites for hydroxylation is 1. The van der Waals surface area contributed by atoms with Gasteiger partial charge in [0, 0.05) is 52.4 Å². The Labute approximate surface area is 213 Å².